The minimum Gasteiger partial charge on any atom is -0.508 e. The molecule has 1 amide bonds. The Morgan fingerprint density at radius 2 is 2.25 bits per heavy atom. The highest BCUT2D eigenvalue weighted by molar-refractivity contribution is 5.98. The molecule has 0 saturated carbocycles. The van der Waals surface area contributed by atoms with Crippen molar-refractivity contribution in [2.24, 2.45) is 5.41 Å². The molecule has 1 atom stereocenters. The van der Waals surface area contributed by atoms with Crippen LogP contribution < -0.4 is 10.2 Å². The zero-order valence-electron chi connectivity index (χ0n) is 12.4. The maximum Gasteiger partial charge on any atom is 0.234 e. The highest BCUT2D eigenvalue weighted by atomic mass is 16.3. The summed E-state index contributed by atoms with van der Waals surface area (Å²) in [6.07, 6.45) is 2.82. The molecule has 110 valence electrons. The van der Waals surface area contributed by atoms with Crippen molar-refractivity contribution in [3.63, 3.8) is 0 Å². The molecule has 20 heavy (non-hydrogen) atoms. The Balaban J connectivity index is 2.28. The highest BCUT2D eigenvalue weighted by Gasteiger charge is 2.40. The summed E-state index contributed by atoms with van der Waals surface area (Å²) in [4.78, 5) is 14.8. The standard InChI is InChI=1S/C16H24N2O2/c1-3-16(9-6-10-17-12-16)15(20)18(4-2)13-7-5-8-14(19)11-13/h5,7-8,11,17,19H,3-4,6,9-10,12H2,1-2H3. The number of phenolic OH excluding ortho intramolecular Hbond substituents is 1. The fraction of sp³-hybridized carbons (Fsp3) is 0.562. The van der Waals surface area contributed by atoms with Crippen LogP contribution >= 0.6 is 0 Å². The molecule has 0 aromatic heterocycles. The molecule has 0 radical (unpaired) electrons. The van der Waals surface area contributed by atoms with Crippen molar-refractivity contribution in [1.29, 1.82) is 0 Å². The van der Waals surface area contributed by atoms with E-state index in [1.165, 1.54) is 0 Å². The van der Waals surface area contributed by atoms with Crippen molar-refractivity contribution in [2.45, 2.75) is 33.1 Å². The molecule has 1 saturated heterocycles. The number of carbonyl (C=O) groups is 1. The van der Waals surface area contributed by atoms with E-state index in [9.17, 15) is 9.90 Å². The molecule has 1 aliphatic rings. The first kappa shape index (κ1) is 14.9. The third-order valence-electron chi connectivity index (χ3n) is 4.31. The van der Waals surface area contributed by atoms with Gasteiger partial charge in [-0.2, -0.15) is 0 Å². The van der Waals surface area contributed by atoms with Crippen molar-refractivity contribution in [3.8, 4) is 5.75 Å². The van der Waals surface area contributed by atoms with Gasteiger partial charge in [0.15, 0.2) is 0 Å². The van der Waals surface area contributed by atoms with Gasteiger partial charge in [0.1, 0.15) is 5.75 Å². The Labute approximate surface area is 120 Å². The molecule has 2 rings (SSSR count). The average Bonchev–Trinajstić information content (AvgIpc) is 2.48. The number of nitrogens with zero attached hydrogens (tertiary/aromatic N) is 1. The minimum absolute atomic E-state index is 0.167. The lowest BCUT2D eigenvalue weighted by Crippen LogP contribution is -2.51. The van der Waals surface area contributed by atoms with Gasteiger partial charge in [0.25, 0.3) is 0 Å². The average molecular weight is 276 g/mol. The summed E-state index contributed by atoms with van der Waals surface area (Å²) in [5, 5.41) is 13.0. The van der Waals surface area contributed by atoms with Crippen molar-refractivity contribution in [2.75, 3.05) is 24.5 Å². The number of hydrogen-bond donors (Lipinski definition) is 2. The summed E-state index contributed by atoms with van der Waals surface area (Å²) in [6.45, 7) is 6.41. The second-order valence-corrected chi connectivity index (χ2v) is 5.48. The van der Waals surface area contributed by atoms with Gasteiger partial charge < -0.3 is 15.3 Å². The summed E-state index contributed by atoms with van der Waals surface area (Å²) in [5.41, 5.74) is 0.468. The molecule has 1 fully saturated rings. The fourth-order valence-corrected chi connectivity index (χ4v) is 2.99. The van der Waals surface area contributed by atoms with Crippen LogP contribution in [-0.2, 0) is 4.79 Å². The van der Waals surface area contributed by atoms with Crippen LogP contribution in [0.1, 0.15) is 33.1 Å². The van der Waals surface area contributed by atoms with Crippen LogP contribution in [-0.4, -0.2) is 30.6 Å². The van der Waals surface area contributed by atoms with Crippen molar-refractivity contribution in [1.82, 2.24) is 5.32 Å². The predicted octanol–water partition coefficient (Wildman–Crippen LogP) is 2.52. The topological polar surface area (TPSA) is 52.6 Å². The van der Waals surface area contributed by atoms with E-state index in [-0.39, 0.29) is 17.1 Å². The van der Waals surface area contributed by atoms with E-state index in [2.05, 4.69) is 12.2 Å². The maximum atomic E-state index is 13.0. The van der Waals surface area contributed by atoms with Crippen LogP contribution in [0.2, 0.25) is 0 Å². The van der Waals surface area contributed by atoms with Crippen LogP contribution in [0.3, 0.4) is 0 Å². The van der Waals surface area contributed by atoms with Crippen LogP contribution in [0.4, 0.5) is 5.69 Å². The zero-order valence-corrected chi connectivity index (χ0v) is 12.4. The Kier molecular flexibility index (Phi) is 4.65. The number of rotatable bonds is 4. The largest absolute Gasteiger partial charge is 0.508 e. The van der Waals surface area contributed by atoms with E-state index in [4.69, 9.17) is 0 Å². The first-order valence-electron chi connectivity index (χ1n) is 7.44. The SMILES string of the molecule is CCN(C(=O)C1(CC)CCCNC1)c1cccc(O)c1. The number of amides is 1. The van der Waals surface area contributed by atoms with E-state index >= 15 is 0 Å². The number of carbonyl (C=O) groups excluding carboxylic acids is 1. The van der Waals surface area contributed by atoms with Gasteiger partial charge in [0.05, 0.1) is 5.41 Å². The molecular weight excluding hydrogens is 252 g/mol. The number of nitrogens with one attached hydrogen (secondary N) is 1. The van der Waals surface area contributed by atoms with Gasteiger partial charge in [-0.25, -0.2) is 0 Å². The summed E-state index contributed by atoms with van der Waals surface area (Å²) in [5.74, 6) is 0.362. The van der Waals surface area contributed by atoms with Crippen molar-refractivity contribution >= 4 is 11.6 Å². The van der Waals surface area contributed by atoms with Gasteiger partial charge in [-0.1, -0.05) is 13.0 Å². The smallest absolute Gasteiger partial charge is 0.234 e. The molecule has 4 nitrogen and oxygen atoms in total. The lowest BCUT2D eigenvalue weighted by Gasteiger charge is -2.39. The van der Waals surface area contributed by atoms with Crippen LogP contribution in [0.15, 0.2) is 24.3 Å². The Bertz CT molecular complexity index is 467. The molecule has 0 spiro atoms. The zero-order chi connectivity index (χ0) is 14.6. The Morgan fingerprint density at radius 1 is 1.45 bits per heavy atom. The first-order chi connectivity index (χ1) is 9.63. The second-order valence-electron chi connectivity index (χ2n) is 5.48. The van der Waals surface area contributed by atoms with Crippen molar-refractivity contribution < 1.29 is 9.90 Å². The summed E-state index contributed by atoms with van der Waals surface area (Å²) in [7, 11) is 0. The van der Waals surface area contributed by atoms with Gasteiger partial charge >= 0.3 is 0 Å². The lowest BCUT2D eigenvalue weighted by molar-refractivity contribution is -0.129. The van der Waals surface area contributed by atoms with Gasteiger partial charge in [0, 0.05) is 24.8 Å². The van der Waals surface area contributed by atoms with E-state index in [1.54, 1.807) is 23.1 Å². The van der Waals surface area contributed by atoms with E-state index < -0.39 is 0 Å². The molecule has 2 N–H and O–H groups in total. The van der Waals surface area contributed by atoms with Crippen LogP contribution in [0.25, 0.3) is 0 Å². The van der Waals surface area contributed by atoms with Crippen LogP contribution in [0, 0.1) is 5.41 Å². The number of piperidine rings is 1. The maximum absolute atomic E-state index is 13.0. The van der Waals surface area contributed by atoms with Gasteiger partial charge in [-0.3, -0.25) is 4.79 Å². The third kappa shape index (κ3) is 2.80. The Morgan fingerprint density at radius 3 is 2.80 bits per heavy atom. The lowest BCUT2D eigenvalue weighted by atomic mass is 9.77. The molecule has 4 heteroatoms. The van der Waals surface area contributed by atoms with Crippen LogP contribution in [0.5, 0.6) is 5.75 Å². The summed E-state index contributed by atoms with van der Waals surface area (Å²) in [6, 6.07) is 6.93. The first-order valence-corrected chi connectivity index (χ1v) is 7.44. The Hall–Kier alpha value is -1.55. The normalized spacial score (nSPS) is 22.5. The highest BCUT2D eigenvalue weighted by Crippen LogP contribution is 2.34. The fourth-order valence-electron chi connectivity index (χ4n) is 2.99. The molecule has 1 aromatic rings. The van der Waals surface area contributed by atoms with Gasteiger partial charge in [-0.15, -0.1) is 0 Å². The molecule has 1 aromatic carbocycles. The van der Waals surface area contributed by atoms with E-state index in [0.29, 0.717) is 6.54 Å². The number of hydrogen-bond acceptors (Lipinski definition) is 3. The molecule has 1 aliphatic heterocycles. The molecule has 1 unspecified atom stereocenters. The summed E-state index contributed by atoms with van der Waals surface area (Å²) >= 11 is 0. The number of aromatic hydroxyl groups is 1. The molecule has 0 bridgehead atoms. The molecule has 0 aliphatic carbocycles. The third-order valence-corrected chi connectivity index (χ3v) is 4.31. The van der Waals surface area contributed by atoms with E-state index in [1.807, 2.05) is 13.0 Å². The number of anilines is 1. The number of phenols is 1. The minimum atomic E-state index is -0.306. The second kappa shape index (κ2) is 6.27. The van der Waals surface area contributed by atoms with Gasteiger partial charge in [-0.05, 0) is 44.9 Å². The van der Waals surface area contributed by atoms with E-state index in [0.717, 1.165) is 38.0 Å². The van der Waals surface area contributed by atoms with Gasteiger partial charge in [0.2, 0.25) is 5.91 Å². The van der Waals surface area contributed by atoms with Crippen molar-refractivity contribution in [3.05, 3.63) is 24.3 Å². The summed E-state index contributed by atoms with van der Waals surface area (Å²) < 4.78 is 0. The molecule has 1 heterocycles. The monoisotopic (exact) mass is 276 g/mol. The number of benzene rings is 1. The predicted molar refractivity (Wildman–Crippen MR) is 81.0 cm³/mol. The molecular formula is C16H24N2O2. The quantitative estimate of drug-likeness (QED) is 0.888.